The van der Waals surface area contributed by atoms with E-state index in [1.807, 2.05) is 31.2 Å². The second-order valence-electron chi connectivity index (χ2n) is 5.03. The fourth-order valence-corrected chi connectivity index (χ4v) is 1.94. The summed E-state index contributed by atoms with van der Waals surface area (Å²) in [6, 6.07) is 7.52. The van der Waals surface area contributed by atoms with E-state index in [9.17, 15) is 9.59 Å². The van der Waals surface area contributed by atoms with Crippen molar-refractivity contribution >= 4 is 11.9 Å². The summed E-state index contributed by atoms with van der Waals surface area (Å²) in [5.74, 6) is -0.758. The lowest BCUT2D eigenvalue weighted by Crippen LogP contribution is -2.24. The number of hydrogen-bond acceptors (Lipinski definition) is 2. The average molecular weight is 277 g/mol. The normalized spacial score (nSPS) is 10.2. The number of hydrogen-bond donors (Lipinski definition) is 2. The summed E-state index contributed by atoms with van der Waals surface area (Å²) in [5.41, 5.74) is 1.83. The lowest BCUT2D eigenvalue weighted by Gasteiger charge is -2.05. The van der Waals surface area contributed by atoms with E-state index in [4.69, 9.17) is 5.11 Å². The molecule has 0 bridgehead atoms. The second-order valence-corrected chi connectivity index (χ2v) is 5.03. The van der Waals surface area contributed by atoms with Crippen molar-refractivity contribution in [3.8, 4) is 0 Å². The monoisotopic (exact) mass is 277 g/mol. The first-order valence-electron chi connectivity index (χ1n) is 7.16. The van der Waals surface area contributed by atoms with E-state index in [0.717, 1.165) is 37.7 Å². The fraction of sp³-hybridized carbons (Fsp3) is 0.500. The van der Waals surface area contributed by atoms with Crippen LogP contribution in [0.25, 0.3) is 0 Å². The van der Waals surface area contributed by atoms with Crippen LogP contribution in [0.2, 0.25) is 0 Å². The summed E-state index contributed by atoms with van der Waals surface area (Å²) in [6.45, 7) is 2.66. The van der Waals surface area contributed by atoms with Gasteiger partial charge in [0, 0.05) is 18.5 Å². The van der Waals surface area contributed by atoms with Gasteiger partial charge in [0.15, 0.2) is 0 Å². The Hall–Kier alpha value is -1.84. The number of carbonyl (C=O) groups excluding carboxylic acids is 1. The Morgan fingerprint density at radius 1 is 1.00 bits per heavy atom. The molecule has 2 N–H and O–H groups in total. The molecule has 0 aliphatic rings. The zero-order chi connectivity index (χ0) is 14.8. The third-order valence-corrected chi connectivity index (χ3v) is 3.17. The zero-order valence-corrected chi connectivity index (χ0v) is 12.0. The molecule has 4 nitrogen and oxygen atoms in total. The van der Waals surface area contributed by atoms with Crippen molar-refractivity contribution < 1.29 is 14.7 Å². The van der Waals surface area contributed by atoms with Crippen LogP contribution in [0, 0.1) is 6.92 Å². The van der Waals surface area contributed by atoms with Crippen molar-refractivity contribution in [1.82, 2.24) is 5.32 Å². The van der Waals surface area contributed by atoms with Crippen LogP contribution in [0.5, 0.6) is 0 Å². The minimum atomic E-state index is -0.727. The molecular weight excluding hydrogens is 254 g/mol. The van der Waals surface area contributed by atoms with E-state index in [2.05, 4.69) is 5.32 Å². The summed E-state index contributed by atoms with van der Waals surface area (Å²) in [5, 5.41) is 11.4. The first-order chi connectivity index (χ1) is 9.59. The predicted molar refractivity (Wildman–Crippen MR) is 78.9 cm³/mol. The van der Waals surface area contributed by atoms with E-state index in [1.54, 1.807) is 0 Å². The van der Waals surface area contributed by atoms with Crippen LogP contribution in [0.1, 0.15) is 54.4 Å². The quantitative estimate of drug-likeness (QED) is 0.681. The van der Waals surface area contributed by atoms with Crippen LogP contribution in [-0.4, -0.2) is 23.5 Å². The largest absolute Gasteiger partial charge is 0.481 e. The minimum absolute atomic E-state index is 0.0316. The minimum Gasteiger partial charge on any atom is -0.481 e. The molecule has 0 radical (unpaired) electrons. The maximum absolute atomic E-state index is 11.8. The molecule has 0 spiro atoms. The van der Waals surface area contributed by atoms with Gasteiger partial charge in [-0.15, -0.1) is 0 Å². The molecule has 0 fully saturated rings. The van der Waals surface area contributed by atoms with Crippen molar-refractivity contribution in [2.24, 2.45) is 0 Å². The number of benzene rings is 1. The summed E-state index contributed by atoms with van der Waals surface area (Å²) in [7, 11) is 0. The molecule has 0 unspecified atom stereocenters. The van der Waals surface area contributed by atoms with Gasteiger partial charge < -0.3 is 10.4 Å². The third-order valence-electron chi connectivity index (χ3n) is 3.17. The van der Waals surface area contributed by atoms with Gasteiger partial charge in [-0.3, -0.25) is 9.59 Å². The molecule has 0 aliphatic carbocycles. The Labute approximate surface area is 120 Å². The number of carboxylic acid groups (broad SMARTS) is 1. The molecule has 0 aromatic heterocycles. The topological polar surface area (TPSA) is 66.4 Å². The molecular formula is C16H23NO3. The first-order valence-corrected chi connectivity index (χ1v) is 7.16. The standard InChI is InChI=1S/C16H23NO3/c1-13-8-10-14(11-9-13)16(20)17-12-6-4-2-3-5-7-15(18)19/h8-11H,2-7,12H2,1H3,(H,17,20)(H,18,19). The Morgan fingerprint density at radius 3 is 2.25 bits per heavy atom. The van der Waals surface area contributed by atoms with Crippen molar-refractivity contribution in [2.45, 2.75) is 45.4 Å². The van der Waals surface area contributed by atoms with Gasteiger partial charge in [-0.1, -0.05) is 37.0 Å². The molecule has 0 atom stereocenters. The van der Waals surface area contributed by atoms with Crippen molar-refractivity contribution in [3.05, 3.63) is 35.4 Å². The number of carboxylic acids is 1. The molecule has 20 heavy (non-hydrogen) atoms. The van der Waals surface area contributed by atoms with Gasteiger partial charge in [0.25, 0.3) is 5.91 Å². The van der Waals surface area contributed by atoms with Crippen LogP contribution in [0.4, 0.5) is 0 Å². The SMILES string of the molecule is Cc1ccc(C(=O)NCCCCCCCC(=O)O)cc1. The number of amides is 1. The summed E-state index contributed by atoms with van der Waals surface area (Å²) in [6.07, 6.45) is 4.92. The fourth-order valence-electron chi connectivity index (χ4n) is 1.94. The first kappa shape index (κ1) is 16.2. The van der Waals surface area contributed by atoms with Crippen LogP contribution >= 0.6 is 0 Å². The average Bonchev–Trinajstić information content (AvgIpc) is 2.42. The highest BCUT2D eigenvalue weighted by Crippen LogP contribution is 2.06. The van der Waals surface area contributed by atoms with E-state index < -0.39 is 5.97 Å². The third kappa shape index (κ3) is 6.92. The molecule has 1 aromatic carbocycles. The maximum Gasteiger partial charge on any atom is 0.303 e. The molecule has 1 rings (SSSR count). The smallest absolute Gasteiger partial charge is 0.303 e. The number of carbonyl (C=O) groups is 2. The number of nitrogens with one attached hydrogen (secondary N) is 1. The highest BCUT2D eigenvalue weighted by Gasteiger charge is 2.03. The maximum atomic E-state index is 11.8. The van der Waals surface area contributed by atoms with Gasteiger partial charge in [-0.25, -0.2) is 0 Å². The number of rotatable bonds is 9. The lowest BCUT2D eigenvalue weighted by atomic mass is 10.1. The Balaban J connectivity index is 2.05. The zero-order valence-electron chi connectivity index (χ0n) is 12.0. The molecule has 0 heterocycles. The van der Waals surface area contributed by atoms with Crippen LogP contribution in [0.3, 0.4) is 0 Å². The van der Waals surface area contributed by atoms with Crippen LogP contribution < -0.4 is 5.32 Å². The number of unbranched alkanes of at least 4 members (excludes halogenated alkanes) is 4. The molecule has 4 heteroatoms. The highest BCUT2D eigenvalue weighted by atomic mass is 16.4. The van der Waals surface area contributed by atoms with Crippen LogP contribution in [-0.2, 0) is 4.79 Å². The van der Waals surface area contributed by atoms with E-state index in [0.29, 0.717) is 12.1 Å². The van der Waals surface area contributed by atoms with Crippen LogP contribution in [0.15, 0.2) is 24.3 Å². The molecule has 110 valence electrons. The molecule has 0 saturated carbocycles. The molecule has 0 saturated heterocycles. The van der Waals surface area contributed by atoms with Gasteiger partial charge in [0.05, 0.1) is 0 Å². The Kier molecular flexibility index (Phi) is 7.40. The highest BCUT2D eigenvalue weighted by molar-refractivity contribution is 5.94. The Morgan fingerprint density at radius 2 is 1.60 bits per heavy atom. The second kappa shape index (κ2) is 9.13. The van der Waals surface area contributed by atoms with Gasteiger partial charge in [0.2, 0.25) is 0 Å². The van der Waals surface area contributed by atoms with Gasteiger partial charge in [-0.05, 0) is 31.9 Å². The van der Waals surface area contributed by atoms with Gasteiger partial charge in [-0.2, -0.15) is 0 Å². The Bertz CT molecular complexity index is 426. The summed E-state index contributed by atoms with van der Waals surface area (Å²) < 4.78 is 0. The van der Waals surface area contributed by atoms with E-state index >= 15 is 0 Å². The van der Waals surface area contributed by atoms with Gasteiger partial charge >= 0.3 is 5.97 Å². The molecule has 0 aliphatic heterocycles. The molecule has 1 amide bonds. The van der Waals surface area contributed by atoms with E-state index in [-0.39, 0.29) is 12.3 Å². The number of aryl methyl sites for hydroxylation is 1. The van der Waals surface area contributed by atoms with E-state index in [1.165, 1.54) is 0 Å². The number of aliphatic carboxylic acids is 1. The van der Waals surface area contributed by atoms with Crippen molar-refractivity contribution in [2.75, 3.05) is 6.54 Å². The summed E-state index contributed by atoms with van der Waals surface area (Å²) >= 11 is 0. The predicted octanol–water partition coefficient (Wildman–Crippen LogP) is 3.15. The lowest BCUT2D eigenvalue weighted by molar-refractivity contribution is -0.137. The van der Waals surface area contributed by atoms with Crippen molar-refractivity contribution in [3.63, 3.8) is 0 Å². The molecule has 1 aromatic rings. The van der Waals surface area contributed by atoms with Crippen molar-refractivity contribution in [1.29, 1.82) is 0 Å². The van der Waals surface area contributed by atoms with Gasteiger partial charge in [0.1, 0.15) is 0 Å². The summed E-state index contributed by atoms with van der Waals surface area (Å²) in [4.78, 5) is 22.1.